The van der Waals surface area contributed by atoms with Crippen molar-refractivity contribution in [2.45, 2.75) is 6.10 Å². The summed E-state index contributed by atoms with van der Waals surface area (Å²) in [7, 11) is 0. The van der Waals surface area contributed by atoms with Crippen molar-refractivity contribution in [2.24, 2.45) is 0 Å². The van der Waals surface area contributed by atoms with Gasteiger partial charge >= 0.3 is 0 Å². The molecule has 0 aliphatic carbocycles. The van der Waals surface area contributed by atoms with Gasteiger partial charge in [-0.1, -0.05) is 0 Å². The van der Waals surface area contributed by atoms with Crippen molar-refractivity contribution >= 4 is 11.7 Å². The Morgan fingerprint density at radius 2 is 1.96 bits per heavy atom. The topological polar surface area (TPSA) is 69.7 Å². The zero-order chi connectivity index (χ0) is 16.1. The first-order chi connectivity index (χ1) is 11.2. The molecule has 1 aromatic carbocycles. The molecule has 1 N–H and O–H groups in total. The first-order valence-electron chi connectivity index (χ1n) is 7.10. The second-order valence-electron chi connectivity index (χ2n) is 4.86. The zero-order valence-corrected chi connectivity index (χ0v) is 12.2. The van der Waals surface area contributed by atoms with Crippen molar-refractivity contribution in [1.29, 1.82) is 0 Å². The number of hydrogen-bond acceptors (Lipinski definition) is 5. The summed E-state index contributed by atoms with van der Waals surface area (Å²) in [6.07, 6.45) is 0.845. The van der Waals surface area contributed by atoms with E-state index in [1.165, 1.54) is 30.5 Å². The minimum absolute atomic E-state index is 0.234. The van der Waals surface area contributed by atoms with Gasteiger partial charge in [-0.2, -0.15) is 0 Å². The summed E-state index contributed by atoms with van der Waals surface area (Å²) < 4.78 is 28.8. The Labute approximate surface area is 132 Å². The molecule has 1 saturated heterocycles. The largest absolute Gasteiger partial charge is 0.456 e. The van der Waals surface area contributed by atoms with Crippen LogP contribution in [0.2, 0.25) is 0 Å². The number of anilines is 1. The molecule has 0 spiro atoms. The van der Waals surface area contributed by atoms with Crippen LogP contribution < -0.4 is 10.1 Å². The summed E-state index contributed by atoms with van der Waals surface area (Å²) >= 11 is 0. The Bertz CT molecular complexity index is 655. The predicted octanol–water partition coefficient (Wildman–Crippen LogP) is 2.37. The number of nitrogens with zero attached hydrogens (tertiary/aromatic N) is 1. The van der Waals surface area contributed by atoms with Gasteiger partial charge in [-0.25, -0.2) is 9.37 Å². The summed E-state index contributed by atoms with van der Waals surface area (Å²) in [6, 6.07) is 8.93. The molecule has 0 bridgehead atoms. The Morgan fingerprint density at radius 3 is 2.61 bits per heavy atom. The number of rotatable bonds is 4. The van der Waals surface area contributed by atoms with Crippen molar-refractivity contribution in [3.05, 3.63) is 48.4 Å². The van der Waals surface area contributed by atoms with Crippen LogP contribution in [0, 0.1) is 5.82 Å². The van der Waals surface area contributed by atoms with E-state index in [0.717, 1.165) is 0 Å². The number of nitrogens with one attached hydrogen (secondary N) is 1. The van der Waals surface area contributed by atoms with Gasteiger partial charge in [0.15, 0.2) is 6.10 Å². The number of hydrogen-bond donors (Lipinski definition) is 1. The lowest BCUT2D eigenvalue weighted by molar-refractivity contribution is -0.142. The molecule has 0 saturated carbocycles. The number of ether oxygens (including phenoxy) is 3. The van der Waals surface area contributed by atoms with Gasteiger partial charge in [-0.3, -0.25) is 4.79 Å². The van der Waals surface area contributed by atoms with E-state index in [0.29, 0.717) is 30.5 Å². The van der Waals surface area contributed by atoms with Crippen LogP contribution in [0.3, 0.4) is 0 Å². The molecule has 120 valence electrons. The highest BCUT2D eigenvalue weighted by Gasteiger charge is 2.22. The maximum absolute atomic E-state index is 12.8. The summed E-state index contributed by atoms with van der Waals surface area (Å²) in [6.45, 7) is 1.13. The average molecular weight is 318 g/mol. The highest BCUT2D eigenvalue weighted by Crippen LogP contribution is 2.21. The third-order valence-electron chi connectivity index (χ3n) is 3.15. The van der Waals surface area contributed by atoms with Gasteiger partial charge in [0.2, 0.25) is 0 Å². The fourth-order valence-corrected chi connectivity index (χ4v) is 2.00. The maximum atomic E-state index is 12.8. The smallest absolute Gasteiger partial charge is 0.257 e. The fourth-order valence-electron chi connectivity index (χ4n) is 2.00. The van der Waals surface area contributed by atoms with Crippen LogP contribution in [0.25, 0.3) is 0 Å². The van der Waals surface area contributed by atoms with E-state index in [2.05, 4.69) is 10.3 Å². The normalized spacial score (nSPS) is 17.5. The van der Waals surface area contributed by atoms with Gasteiger partial charge in [0, 0.05) is 0 Å². The van der Waals surface area contributed by atoms with Gasteiger partial charge < -0.3 is 19.5 Å². The van der Waals surface area contributed by atoms with Gasteiger partial charge in [0.25, 0.3) is 5.91 Å². The molecule has 1 atom stereocenters. The highest BCUT2D eigenvalue weighted by atomic mass is 19.1. The summed E-state index contributed by atoms with van der Waals surface area (Å²) in [4.78, 5) is 16.1. The van der Waals surface area contributed by atoms with E-state index in [1.807, 2.05) is 0 Å². The van der Waals surface area contributed by atoms with E-state index >= 15 is 0 Å². The SMILES string of the molecule is O=C(Nc1ccc(Oc2ccc(F)cc2)cn1)[C@H]1COCCO1. The molecule has 6 nitrogen and oxygen atoms in total. The molecule has 2 heterocycles. The quantitative estimate of drug-likeness (QED) is 0.937. The number of carbonyl (C=O) groups is 1. The van der Waals surface area contributed by atoms with Crippen LogP contribution in [0.4, 0.5) is 10.2 Å². The molecule has 23 heavy (non-hydrogen) atoms. The number of pyridine rings is 1. The first kappa shape index (κ1) is 15.4. The van der Waals surface area contributed by atoms with Crippen molar-refractivity contribution in [2.75, 3.05) is 25.1 Å². The molecule has 1 aliphatic rings. The number of aromatic nitrogens is 1. The Balaban J connectivity index is 1.58. The molecule has 0 unspecified atom stereocenters. The third-order valence-corrected chi connectivity index (χ3v) is 3.15. The van der Waals surface area contributed by atoms with E-state index in [-0.39, 0.29) is 18.3 Å². The van der Waals surface area contributed by atoms with Gasteiger partial charge in [0.1, 0.15) is 23.1 Å². The molecule has 1 fully saturated rings. The van der Waals surface area contributed by atoms with Gasteiger partial charge in [0.05, 0.1) is 26.0 Å². The first-order valence-corrected chi connectivity index (χ1v) is 7.10. The Morgan fingerprint density at radius 1 is 1.17 bits per heavy atom. The average Bonchev–Trinajstić information content (AvgIpc) is 2.59. The molecule has 2 aromatic rings. The molecule has 1 aromatic heterocycles. The molecule has 7 heteroatoms. The van der Waals surface area contributed by atoms with Crippen LogP contribution in [0.5, 0.6) is 11.5 Å². The minimum Gasteiger partial charge on any atom is -0.456 e. The zero-order valence-electron chi connectivity index (χ0n) is 12.2. The van der Waals surface area contributed by atoms with Crippen molar-refractivity contribution in [3.63, 3.8) is 0 Å². The Hall–Kier alpha value is -2.51. The molecular weight excluding hydrogens is 303 g/mol. The second-order valence-corrected chi connectivity index (χ2v) is 4.86. The van der Waals surface area contributed by atoms with Crippen LogP contribution in [-0.4, -0.2) is 36.8 Å². The lowest BCUT2D eigenvalue weighted by Gasteiger charge is -2.21. The second kappa shape index (κ2) is 7.17. The number of carbonyl (C=O) groups excluding carboxylic acids is 1. The number of halogens is 1. The highest BCUT2D eigenvalue weighted by molar-refractivity contribution is 5.93. The van der Waals surface area contributed by atoms with Gasteiger partial charge in [-0.15, -0.1) is 0 Å². The van der Waals surface area contributed by atoms with Crippen LogP contribution in [-0.2, 0) is 14.3 Å². The summed E-state index contributed by atoms with van der Waals surface area (Å²) in [5.74, 6) is 0.729. The molecular formula is C16H15FN2O4. The lowest BCUT2D eigenvalue weighted by atomic mass is 10.3. The molecule has 0 radical (unpaired) electrons. The van der Waals surface area contributed by atoms with Crippen LogP contribution in [0.15, 0.2) is 42.6 Å². The van der Waals surface area contributed by atoms with Gasteiger partial charge in [-0.05, 0) is 36.4 Å². The minimum atomic E-state index is -0.624. The maximum Gasteiger partial charge on any atom is 0.257 e. The number of amides is 1. The standard InChI is InChI=1S/C16H15FN2O4/c17-11-1-3-12(4-2-11)23-13-5-6-15(18-9-13)19-16(20)14-10-21-7-8-22-14/h1-6,9,14H,7-8,10H2,(H,18,19,20)/t14-/m1/s1. The molecule has 3 rings (SSSR count). The summed E-state index contributed by atoms with van der Waals surface area (Å²) in [5.41, 5.74) is 0. The van der Waals surface area contributed by atoms with Crippen molar-refractivity contribution in [1.82, 2.24) is 4.98 Å². The third kappa shape index (κ3) is 4.24. The fraction of sp³-hybridized carbons (Fsp3) is 0.250. The lowest BCUT2D eigenvalue weighted by Crippen LogP contribution is -2.39. The van der Waals surface area contributed by atoms with E-state index in [9.17, 15) is 9.18 Å². The van der Waals surface area contributed by atoms with E-state index in [1.54, 1.807) is 12.1 Å². The summed E-state index contributed by atoms with van der Waals surface area (Å²) in [5, 5.41) is 2.65. The molecule has 1 amide bonds. The van der Waals surface area contributed by atoms with Crippen LogP contribution in [0.1, 0.15) is 0 Å². The predicted molar refractivity (Wildman–Crippen MR) is 79.9 cm³/mol. The molecule has 1 aliphatic heterocycles. The van der Waals surface area contributed by atoms with E-state index in [4.69, 9.17) is 14.2 Å². The van der Waals surface area contributed by atoms with Crippen molar-refractivity contribution < 1.29 is 23.4 Å². The monoisotopic (exact) mass is 318 g/mol. The Kier molecular flexibility index (Phi) is 4.80. The number of benzene rings is 1. The van der Waals surface area contributed by atoms with E-state index < -0.39 is 6.10 Å². The van der Waals surface area contributed by atoms with Crippen molar-refractivity contribution in [3.8, 4) is 11.5 Å². The van der Waals surface area contributed by atoms with Crippen LogP contribution >= 0.6 is 0 Å².